The first-order chi connectivity index (χ1) is 10.2. The molecule has 114 valence electrons. The average molecular weight is 288 g/mol. The maximum Gasteiger partial charge on any atom is 0.251 e. The average Bonchev–Trinajstić information content (AvgIpc) is 2.54. The summed E-state index contributed by atoms with van der Waals surface area (Å²) < 4.78 is 0. The zero-order chi connectivity index (χ0) is 15.1. The monoisotopic (exact) mass is 288 g/mol. The van der Waals surface area contributed by atoms with Gasteiger partial charge < -0.3 is 10.6 Å². The zero-order valence-corrected chi connectivity index (χ0v) is 12.6. The summed E-state index contributed by atoms with van der Waals surface area (Å²) in [6, 6.07) is 8.44. The molecule has 1 aliphatic rings. The lowest BCUT2D eigenvalue weighted by Crippen LogP contribution is -2.46. The van der Waals surface area contributed by atoms with Gasteiger partial charge in [0.2, 0.25) is 5.91 Å². The molecule has 1 atom stereocenters. The summed E-state index contributed by atoms with van der Waals surface area (Å²) in [6.07, 6.45) is 6.24. The molecule has 1 fully saturated rings. The van der Waals surface area contributed by atoms with Gasteiger partial charge in [-0.05, 0) is 37.8 Å². The first-order valence-corrected chi connectivity index (χ1v) is 7.80. The fourth-order valence-electron chi connectivity index (χ4n) is 2.72. The molecule has 2 N–H and O–H groups in total. The van der Waals surface area contributed by atoms with E-state index in [9.17, 15) is 9.59 Å². The number of amides is 2. The van der Waals surface area contributed by atoms with E-state index < -0.39 is 6.04 Å². The Morgan fingerprint density at radius 3 is 2.48 bits per heavy atom. The molecule has 1 aliphatic carbocycles. The van der Waals surface area contributed by atoms with E-state index in [4.69, 9.17) is 0 Å². The van der Waals surface area contributed by atoms with Crippen molar-refractivity contribution in [2.24, 2.45) is 5.92 Å². The van der Waals surface area contributed by atoms with Crippen LogP contribution in [0.5, 0.6) is 0 Å². The van der Waals surface area contributed by atoms with Crippen LogP contribution in [0.1, 0.15) is 49.4 Å². The van der Waals surface area contributed by atoms with Crippen molar-refractivity contribution in [1.82, 2.24) is 10.6 Å². The van der Waals surface area contributed by atoms with Crippen molar-refractivity contribution >= 4 is 11.8 Å². The Labute approximate surface area is 126 Å². The summed E-state index contributed by atoms with van der Waals surface area (Å²) in [7, 11) is 0. The highest BCUT2D eigenvalue weighted by atomic mass is 16.2. The highest BCUT2D eigenvalue weighted by Gasteiger charge is 2.19. The second kappa shape index (κ2) is 7.81. The summed E-state index contributed by atoms with van der Waals surface area (Å²) in [6.45, 7) is 2.45. The number of nitrogens with one attached hydrogen (secondary N) is 2. The van der Waals surface area contributed by atoms with Crippen molar-refractivity contribution in [1.29, 1.82) is 0 Å². The summed E-state index contributed by atoms with van der Waals surface area (Å²) in [4.78, 5) is 24.0. The molecule has 2 rings (SSSR count). The molecule has 1 aromatic rings. The predicted molar refractivity (Wildman–Crippen MR) is 83.0 cm³/mol. The molecule has 4 heteroatoms. The lowest BCUT2D eigenvalue weighted by atomic mass is 9.89. The van der Waals surface area contributed by atoms with Gasteiger partial charge in [-0.15, -0.1) is 0 Å². The third-order valence-electron chi connectivity index (χ3n) is 4.07. The van der Waals surface area contributed by atoms with E-state index in [0.717, 1.165) is 6.54 Å². The molecule has 1 aromatic carbocycles. The van der Waals surface area contributed by atoms with Crippen LogP contribution < -0.4 is 10.6 Å². The number of carbonyl (C=O) groups is 2. The van der Waals surface area contributed by atoms with Crippen molar-refractivity contribution in [2.45, 2.75) is 45.1 Å². The van der Waals surface area contributed by atoms with Crippen LogP contribution in [0.15, 0.2) is 30.3 Å². The van der Waals surface area contributed by atoms with Crippen molar-refractivity contribution in [2.75, 3.05) is 6.54 Å². The molecule has 2 amide bonds. The van der Waals surface area contributed by atoms with Gasteiger partial charge in [0, 0.05) is 12.1 Å². The minimum absolute atomic E-state index is 0.107. The van der Waals surface area contributed by atoms with Crippen LogP contribution in [0.25, 0.3) is 0 Å². The number of hydrogen-bond donors (Lipinski definition) is 2. The van der Waals surface area contributed by atoms with Gasteiger partial charge in [0.05, 0.1) is 0 Å². The standard InChI is InChI=1S/C17H24N2O2/c1-13(19-17(21)15-10-6-3-7-11-15)16(20)18-12-14-8-4-2-5-9-14/h3,6-7,10-11,13-14H,2,4-5,8-9,12H2,1H3,(H,18,20)(H,19,21)/t13-/m1/s1. The molecule has 0 saturated heterocycles. The summed E-state index contributed by atoms with van der Waals surface area (Å²) >= 11 is 0. The molecule has 0 heterocycles. The SMILES string of the molecule is C[C@@H](NC(=O)c1ccccc1)C(=O)NCC1CCCCC1. The second-order valence-corrected chi connectivity index (χ2v) is 5.81. The fourth-order valence-corrected chi connectivity index (χ4v) is 2.72. The summed E-state index contributed by atoms with van der Waals surface area (Å²) in [5.41, 5.74) is 0.574. The van der Waals surface area contributed by atoms with Crippen LogP contribution in [0.2, 0.25) is 0 Å². The van der Waals surface area contributed by atoms with Gasteiger partial charge in [0.15, 0.2) is 0 Å². The summed E-state index contributed by atoms with van der Waals surface area (Å²) in [5.74, 6) is 0.278. The molecule has 4 nitrogen and oxygen atoms in total. The van der Waals surface area contributed by atoms with E-state index in [-0.39, 0.29) is 11.8 Å². The molecular formula is C17H24N2O2. The van der Waals surface area contributed by atoms with Crippen LogP contribution in [0.3, 0.4) is 0 Å². The fraction of sp³-hybridized carbons (Fsp3) is 0.529. The Kier molecular flexibility index (Phi) is 5.78. The Balaban J connectivity index is 1.75. The third kappa shape index (κ3) is 4.88. The van der Waals surface area contributed by atoms with Crippen LogP contribution in [0.4, 0.5) is 0 Å². The second-order valence-electron chi connectivity index (χ2n) is 5.81. The number of rotatable bonds is 5. The molecule has 0 aliphatic heterocycles. The molecule has 1 saturated carbocycles. The Morgan fingerprint density at radius 2 is 1.81 bits per heavy atom. The minimum atomic E-state index is -0.513. The molecule has 0 radical (unpaired) electrons. The van der Waals surface area contributed by atoms with E-state index >= 15 is 0 Å². The third-order valence-corrected chi connectivity index (χ3v) is 4.07. The molecule has 0 aromatic heterocycles. The van der Waals surface area contributed by atoms with Gasteiger partial charge in [-0.2, -0.15) is 0 Å². The van der Waals surface area contributed by atoms with Gasteiger partial charge in [-0.1, -0.05) is 37.5 Å². The Hall–Kier alpha value is -1.84. The lowest BCUT2D eigenvalue weighted by Gasteiger charge is -2.23. The number of carbonyl (C=O) groups excluding carboxylic acids is 2. The molecule has 0 spiro atoms. The normalized spacial score (nSPS) is 17.0. The van der Waals surface area contributed by atoms with Crippen LogP contribution in [0, 0.1) is 5.92 Å². The Bertz CT molecular complexity index is 467. The molecule has 0 bridgehead atoms. The van der Waals surface area contributed by atoms with E-state index in [2.05, 4.69) is 10.6 Å². The van der Waals surface area contributed by atoms with Crippen molar-refractivity contribution in [3.05, 3.63) is 35.9 Å². The van der Waals surface area contributed by atoms with Crippen LogP contribution >= 0.6 is 0 Å². The lowest BCUT2D eigenvalue weighted by molar-refractivity contribution is -0.122. The maximum atomic E-state index is 12.0. The van der Waals surface area contributed by atoms with E-state index in [1.807, 2.05) is 18.2 Å². The topological polar surface area (TPSA) is 58.2 Å². The van der Waals surface area contributed by atoms with Crippen LogP contribution in [-0.2, 0) is 4.79 Å². The van der Waals surface area contributed by atoms with E-state index in [0.29, 0.717) is 11.5 Å². The van der Waals surface area contributed by atoms with E-state index in [1.165, 1.54) is 32.1 Å². The quantitative estimate of drug-likeness (QED) is 0.874. The largest absolute Gasteiger partial charge is 0.354 e. The van der Waals surface area contributed by atoms with Crippen molar-refractivity contribution in [3.63, 3.8) is 0 Å². The van der Waals surface area contributed by atoms with Gasteiger partial charge in [-0.25, -0.2) is 0 Å². The molecular weight excluding hydrogens is 264 g/mol. The Morgan fingerprint density at radius 1 is 1.14 bits per heavy atom. The highest BCUT2D eigenvalue weighted by molar-refractivity contribution is 5.97. The zero-order valence-electron chi connectivity index (χ0n) is 12.6. The number of benzene rings is 1. The van der Waals surface area contributed by atoms with Gasteiger partial charge in [-0.3, -0.25) is 9.59 Å². The minimum Gasteiger partial charge on any atom is -0.354 e. The summed E-state index contributed by atoms with van der Waals surface area (Å²) in [5, 5.41) is 5.69. The first kappa shape index (κ1) is 15.5. The van der Waals surface area contributed by atoms with Gasteiger partial charge in [0.1, 0.15) is 6.04 Å². The van der Waals surface area contributed by atoms with E-state index in [1.54, 1.807) is 19.1 Å². The first-order valence-electron chi connectivity index (χ1n) is 7.80. The molecule has 21 heavy (non-hydrogen) atoms. The van der Waals surface area contributed by atoms with Crippen molar-refractivity contribution in [3.8, 4) is 0 Å². The maximum absolute atomic E-state index is 12.0. The van der Waals surface area contributed by atoms with Crippen LogP contribution in [-0.4, -0.2) is 24.4 Å². The van der Waals surface area contributed by atoms with Gasteiger partial charge >= 0.3 is 0 Å². The van der Waals surface area contributed by atoms with Gasteiger partial charge in [0.25, 0.3) is 5.91 Å². The predicted octanol–water partition coefficient (Wildman–Crippen LogP) is 2.50. The highest BCUT2D eigenvalue weighted by Crippen LogP contribution is 2.22. The van der Waals surface area contributed by atoms with Crippen molar-refractivity contribution < 1.29 is 9.59 Å². The molecule has 0 unspecified atom stereocenters. The smallest absolute Gasteiger partial charge is 0.251 e. The number of hydrogen-bond acceptors (Lipinski definition) is 2.